The summed E-state index contributed by atoms with van der Waals surface area (Å²) in [4.78, 5) is 33.7. The molecule has 0 atom stereocenters. The highest BCUT2D eigenvalue weighted by molar-refractivity contribution is 7.18. The lowest BCUT2D eigenvalue weighted by molar-refractivity contribution is -0.384. The maximum absolute atomic E-state index is 13.1. The molecule has 3 heterocycles. The minimum atomic E-state index is -0.395. The standard InChI is InChI=1S/C25H20N4O3S/c30-24-22-18-6-2-4-8-21(18)33-25(22)27-23(26-24)19-14-28(20-7-3-1-5-17(19)20)13-15-9-11-16(12-10-15)29(31)32/h1,3,5,7,9-12,14H,2,4,6,8,13H2,(H,26,27,30). The van der Waals surface area contributed by atoms with Crippen molar-refractivity contribution in [2.45, 2.75) is 32.2 Å². The van der Waals surface area contributed by atoms with Crippen LogP contribution in [0.5, 0.6) is 0 Å². The van der Waals surface area contributed by atoms with E-state index in [4.69, 9.17) is 4.98 Å². The third-order valence-electron chi connectivity index (χ3n) is 6.37. The monoisotopic (exact) mass is 456 g/mol. The van der Waals surface area contributed by atoms with E-state index >= 15 is 0 Å². The van der Waals surface area contributed by atoms with Crippen molar-refractivity contribution < 1.29 is 4.92 Å². The summed E-state index contributed by atoms with van der Waals surface area (Å²) in [5, 5.41) is 12.7. The number of aromatic nitrogens is 3. The molecule has 5 aromatic rings. The van der Waals surface area contributed by atoms with Crippen LogP contribution in [0.15, 0.2) is 59.5 Å². The Bertz CT molecular complexity index is 1590. The molecule has 1 aliphatic rings. The molecule has 0 saturated heterocycles. The molecule has 7 nitrogen and oxygen atoms in total. The number of para-hydroxylation sites is 1. The zero-order valence-corrected chi connectivity index (χ0v) is 18.5. The van der Waals surface area contributed by atoms with Crippen LogP contribution >= 0.6 is 11.3 Å². The van der Waals surface area contributed by atoms with Crippen molar-refractivity contribution in [3.8, 4) is 11.4 Å². The van der Waals surface area contributed by atoms with Gasteiger partial charge < -0.3 is 9.55 Å². The molecule has 0 bridgehead atoms. The molecule has 1 aliphatic carbocycles. The fourth-order valence-electron chi connectivity index (χ4n) is 4.78. The summed E-state index contributed by atoms with van der Waals surface area (Å²) in [6.45, 7) is 0.554. The van der Waals surface area contributed by atoms with E-state index in [1.165, 1.54) is 29.0 Å². The average Bonchev–Trinajstić information content (AvgIpc) is 3.38. The fourth-order valence-corrected chi connectivity index (χ4v) is 6.04. The highest BCUT2D eigenvalue weighted by Crippen LogP contribution is 2.35. The Morgan fingerprint density at radius 1 is 1.09 bits per heavy atom. The minimum absolute atomic E-state index is 0.0680. The van der Waals surface area contributed by atoms with Gasteiger partial charge in [-0.2, -0.15) is 0 Å². The molecular weight excluding hydrogens is 436 g/mol. The topological polar surface area (TPSA) is 93.8 Å². The van der Waals surface area contributed by atoms with Crippen molar-refractivity contribution in [1.82, 2.24) is 14.5 Å². The smallest absolute Gasteiger partial charge is 0.269 e. The summed E-state index contributed by atoms with van der Waals surface area (Å²) in [5.41, 5.74) is 4.03. The summed E-state index contributed by atoms with van der Waals surface area (Å²) < 4.78 is 2.09. The number of rotatable bonds is 4. The highest BCUT2D eigenvalue weighted by Gasteiger charge is 2.21. The lowest BCUT2D eigenvalue weighted by Crippen LogP contribution is -2.11. The van der Waals surface area contributed by atoms with Crippen molar-refractivity contribution in [2.24, 2.45) is 0 Å². The van der Waals surface area contributed by atoms with Crippen LogP contribution in [0, 0.1) is 10.1 Å². The van der Waals surface area contributed by atoms with Crippen molar-refractivity contribution in [1.29, 1.82) is 0 Å². The molecule has 0 unspecified atom stereocenters. The van der Waals surface area contributed by atoms with Crippen LogP contribution < -0.4 is 5.56 Å². The van der Waals surface area contributed by atoms with Gasteiger partial charge in [-0.3, -0.25) is 14.9 Å². The Balaban J connectivity index is 1.46. The molecule has 0 radical (unpaired) electrons. The third kappa shape index (κ3) is 3.34. The quantitative estimate of drug-likeness (QED) is 0.288. The first kappa shape index (κ1) is 19.9. The molecule has 2 aromatic carbocycles. The van der Waals surface area contributed by atoms with Gasteiger partial charge in [0.1, 0.15) is 10.7 Å². The van der Waals surface area contributed by atoms with Crippen LogP contribution in [-0.2, 0) is 19.4 Å². The largest absolute Gasteiger partial charge is 0.342 e. The number of nitro groups is 1. The van der Waals surface area contributed by atoms with E-state index in [1.807, 2.05) is 30.5 Å². The number of hydrogen-bond donors (Lipinski definition) is 1. The third-order valence-corrected chi connectivity index (χ3v) is 7.55. The SMILES string of the molecule is O=c1[nH]c(-c2cn(Cc3ccc([N+](=O)[O-])cc3)c3ccccc23)nc2sc3c(c12)CCCC3. The van der Waals surface area contributed by atoms with E-state index < -0.39 is 4.92 Å². The minimum Gasteiger partial charge on any atom is -0.342 e. The normalized spacial score (nSPS) is 13.5. The van der Waals surface area contributed by atoms with Crippen LogP contribution in [0.3, 0.4) is 0 Å². The predicted molar refractivity (Wildman–Crippen MR) is 130 cm³/mol. The van der Waals surface area contributed by atoms with Gasteiger partial charge in [-0.05, 0) is 42.9 Å². The molecule has 164 valence electrons. The molecule has 0 saturated carbocycles. The molecule has 0 fully saturated rings. The Morgan fingerprint density at radius 3 is 2.70 bits per heavy atom. The lowest BCUT2D eigenvalue weighted by atomic mass is 9.97. The summed E-state index contributed by atoms with van der Waals surface area (Å²) in [6, 6.07) is 14.6. The Labute approximate surface area is 192 Å². The molecule has 0 amide bonds. The van der Waals surface area contributed by atoms with Gasteiger partial charge in [-0.15, -0.1) is 11.3 Å². The van der Waals surface area contributed by atoms with Crippen molar-refractivity contribution in [3.05, 3.63) is 91.2 Å². The van der Waals surface area contributed by atoms with Crippen molar-refractivity contribution in [2.75, 3.05) is 0 Å². The molecule has 3 aromatic heterocycles. The maximum Gasteiger partial charge on any atom is 0.269 e. The van der Waals surface area contributed by atoms with E-state index in [0.29, 0.717) is 12.4 Å². The van der Waals surface area contributed by atoms with Gasteiger partial charge in [-0.1, -0.05) is 30.3 Å². The molecule has 33 heavy (non-hydrogen) atoms. The molecule has 6 rings (SSSR count). The van der Waals surface area contributed by atoms with Crippen LogP contribution in [0.2, 0.25) is 0 Å². The number of aromatic amines is 1. The molecule has 1 N–H and O–H groups in total. The summed E-state index contributed by atoms with van der Waals surface area (Å²) in [7, 11) is 0. The first-order valence-electron chi connectivity index (χ1n) is 10.9. The van der Waals surface area contributed by atoms with E-state index in [9.17, 15) is 14.9 Å². The van der Waals surface area contributed by atoms with E-state index in [1.54, 1.807) is 23.5 Å². The van der Waals surface area contributed by atoms with Gasteiger partial charge in [0, 0.05) is 46.2 Å². The van der Waals surface area contributed by atoms with Crippen LogP contribution in [0.1, 0.15) is 28.8 Å². The van der Waals surface area contributed by atoms with Gasteiger partial charge in [-0.25, -0.2) is 4.98 Å². The van der Waals surface area contributed by atoms with Crippen LogP contribution in [-0.4, -0.2) is 19.5 Å². The van der Waals surface area contributed by atoms with E-state index in [2.05, 4.69) is 9.55 Å². The zero-order valence-electron chi connectivity index (χ0n) is 17.7. The van der Waals surface area contributed by atoms with Crippen molar-refractivity contribution in [3.63, 3.8) is 0 Å². The predicted octanol–water partition coefficient (Wildman–Crippen LogP) is 5.44. The number of benzene rings is 2. The summed E-state index contributed by atoms with van der Waals surface area (Å²) in [5.74, 6) is 0.574. The molecule has 0 spiro atoms. The van der Waals surface area contributed by atoms with E-state index in [0.717, 1.165) is 51.5 Å². The van der Waals surface area contributed by atoms with Gasteiger partial charge in [0.25, 0.3) is 11.2 Å². The molecular formula is C25H20N4O3S. The summed E-state index contributed by atoms with van der Waals surface area (Å²) in [6.07, 6.45) is 6.27. The van der Waals surface area contributed by atoms with Crippen molar-refractivity contribution >= 4 is 38.1 Å². The van der Waals surface area contributed by atoms with Gasteiger partial charge in [0.15, 0.2) is 0 Å². The number of fused-ring (bicyclic) bond motifs is 4. The first-order chi connectivity index (χ1) is 16.1. The van der Waals surface area contributed by atoms with Gasteiger partial charge in [0.05, 0.1) is 10.3 Å². The zero-order chi connectivity index (χ0) is 22.5. The first-order valence-corrected chi connectivity index (χ1v) is 11.8. The van der Waals surface area contributed by atoms with Crippen LogP contribution in [0.25, 0.3) is 32.5 Å². The fraction of sp³-hybridized carbons (Fsp3) is 0.200. The van der Waals surface area contributed by atoms with Gasteiger partial charge in [0.2, 0.25) is 0 Å². The highest BCUT2D eigenvalue weighted by atomic mass is 32.1. The number of thiophene rings is 1. The Morgan fingerprint density at radius 2 is 1.88 bits per heavy atom. The second-order valence-corrected chi connectivity index (χ2v) is 9.50. The molecule has 8 heteroatoms. The number of non-ortho nitro benzene ring substituents is 1. The maximum atomic E-state index is 13.1. The summed E-state index contributed by atoms with van der Waals surface area (Å²) >= 11 is 1.65. The van der Waals surface area contributed by atoms with Gasteiger partial charge >= 0.3 is 0 Å². The second kappa shape index (κ2) is 7.67. The molecule has 0 aliphatic heterocycles. The number of aryl methyl sites for hydroxylation is 2. The number of nitrogens with zero attached hydrogens (tertiary/aromatic N) is 3. The van der Waals surface area contributed by atoms with E-state index in [-0.39, 0.29) is 11.2 Å². The lowest BCUT2D eigenvalue weighted by Gasteiger charge is -2.09. The second-order valence-electron chi connectivity index (χ2n) is 8.42. The number of hydrogen-bond acceptors (Lipinski definition) is 5. The number of nitrogens with one attached hydrogen (secondary N) is 1. The Hall–Kier alpha value is -3.78. The number of nitro benzene ring substituents is 1. The average molecular weight is 457 g/mol. The Kier molecular flexibility index (Phi) is 4.62. The van der Waals surface area contributed by atoms with Crippen LogP contribution in [0.4, 0.5) is 5.69 Å². The number of H-pyrrole nitrogens is 1.